The fourth-order valence-electron chi connectivity index (χ4n) is 2.49. The van der Waals surface area contributed by atoms with Crippen molar-refractivity contribution in [2.24, 2.45) is 0 Å². The van der Waals surface area contributed by atoms with Crippen molar-refractivity contribution in [1.29, 1.82) is 0 Å². The zero-order chi connectivity index (χ0) is 13.7. The minimum absolute atomic E-state index is 0.0104. The van der Waals surface area contributed by atoms with Gasteiger partial charge in [0.2, 0.25) is 5.91 Å². The first kappa shape index (κ1) is 14.0. The summed E-state index contributed by atoms with van der Waals surface area (Å²) in [7, 11) is 0. The Morgan fingerprint density at radius 3 is 2.58 bits per heavy atom. The molecular weight excluding hydrogens is 243 g/mol. The second-order valence-electron chi connectivity index (χ2n) is 5.20. The van der Waals surface area contributed by atoms with Crippen LogP contribution >= 0.6 is 0 Å². The molecule has 1 aromatic carbocycles. The van der Waals surface area contributed by atoms with Crippen LogP contribution in [0.2, 0.25) is 0 Å². The van der Waals surface area contributed by atoms with E-state index in [1.54, 1.807) is 12.1 Å². The summed E-state index contributed by atoms with van der Waals surface area (Å²) in [6.45, 7) is 2.26. The van der Waals surface area contributed by atoms with Crippen molar-refractivity contribution in [1.82, 2.24) is 10.6 Å². The molecule has 1 atom stereocenters. The minimum Gasteiger partial charge on any atom is -0.348 e. The average Bonchev–Trinajstić information content (AvgIpc) is 2.90. The molecule has 0 aromatic heterocycles. The Morgan fingerprint density at radius 1 is 1.32 bits per heavy atom. The molecule has 1 fully saturated rings. The van der Waals surface area contributed by atoms with Crippen molar-refractivity contribution < 1.29 is 9.18 Å². The monoisotopic (exact) mass is 264 g/mol. The van der Waals surface area contributed by atoms with Crippen molar-refractivity contribution in [3.05, 3.63) is 35.6 Å². The summed E-state index contributed by atoms with van der Waals surface area (Å²) in [4.78, 5) is 11.8. The van der Waals surface area contributed by atoms with Crippen LogP contribution in [0.5, 0.6) is 0 Å². The first-order valence-corrected chi connectivity index (χ1v) is 6.93. The molecule has 2 N–H and O–H groups in total. The molecule has 1 saturated carbocycles. The van der Waals surface area contributed by atoms with Gasteiger partial charge in [-0.05, 0) is 37.5 Å². The first-order chi connectivity index (χ1) is 9.15. The van der Waals surface area contributed by atoms with Crippen LogP contribution in [0, 0.1) is 5.82 Å². The van der Waals surface area contributed by atoms with Gasteiger partial charge in [0.25, 0.3) is 0 Å². The number of rotatable bonds is 5. The Labute approximate surface area is 113 Å². The van der Waals surface area contributed by atoms with Crippen LogP contribution in [0.4, 0.5) is 4.39 Å². The normalized spacial score (nSPS) is 17.4. The Kier molecular flexibility index (Phi) is 4.91. The molecule has 0 bridgehead atoms. The van der Waals surface area contributed by atoms with Crippen molar-refractivity contribution in [2.45, 2.75) is 44.7 Å². The van der Waals surface area contributed by atoms with Crippen LogP contribution < -0.4 is 10.6 Å². The number of carbonyl (C=O) groups excluding carboxylic acids is 1. The molecular formula is C15H21FN2O. The summed E-state index contributed by atoms with van der Waals surface area (Å²) in [5.74, 6) is -0.270. The van der Waals surface area contributed by atoms with Crippen molar-refractivity contribution >= 4 is 5.91 Å². The third kappa shape index (κ3) is 4.31. The Morgan fingerprint density at radius 2 is 1.95 bits per heavy atom. The predicted molar refractivity (Wildman–Crippen MR) is 73.2 cm³/mol. The predicted octanol–water partition coefficient (Wildman–Crippen LogP) is 2.54. The van der Waals surface area contributed by atoms with Crippen LogP contribution in [0.15, 0.2) is 24.3 Å². The number of carbonyl (C=O) groups is 1. The van der Waals surface area contributed by atoms with Crippen LogP contribution in [0.25, 0.3) is 0 Å². The van der Waals surface area contributed by atoms with Gasteiger partial charge in [0.05, 0.1) is 12.6 Å². The van der Waals surface area contributed by atoms with Gasteiger partial charge in [0, 0.05) is 6.04 Å². The van der Waals surface area contributed by atoms with E-state index in [2.05, 4.69) is 10.6 Å². The average molecular weight is 264 g/mol. The largest absolute Gasteiger partial charge is 0.348 e. The highest BCUT2D eigenvalue weighted by molar-refractivity contribution is 5.78. The molecule has 4 heteroatoms. The zero-order valence-corrected chi connectivity index (χ0v) is 11.3. The number of nitrogens with one attached hydrogen (secondary N) is 2. The Balaban J connectivity index is 1.76. The molecule has 0 spiro atoms. The molecule has 1 aliphatic rings. The summed E-state index contributed by atoms with van der Waals surface area (Å²) in [5.41, 5.74) is 0.913. The van der Waals surface area contributed by atoms with Gasteiger partial charge in [-0.15, -0.1) is 0 Å². The highest BCUT2D eigenvalue weighted by Gasteiger charge is 2.16. The summed E-state index contributed by atoms with van der Waals surface area (Å²) in [5, 5.41) is 6.19. The third-order valence-electron chi connectivity index (χ3n) is 3.65. The van der Waals surface area contributed by atoms with Crippen LogP contribution in [-0.4, -0.2) is 18.5 Å². The number of hydrogen-bond acceptors (Lipinski definition) is 2. The number of amides is 1. The van der Waals surface area contributed by atoms with Gasteiger partial charge in [0.1, 0.15) is 5.82 Å². The van der Waals surface area contributed by atoms with Gasteiger partial charge < -0.3 is 10.6 Å². The van der Waals surface area contributed by atoms with Gasteiger partial charge in [-0.2, -0.15) is 0 Å². The molecule has 0 aliphatic heterocycles. The van der Waals surface area contributed by atoms with E-state index in [9.17, 15) is 9.18 Å². The molecule has 19 heavy (non-hydrogen) atoms. The molecule has 0 radical (unpaired) electrons. The van der Waals surface area contributed by atoms with Gasteiger partial charge in [-0.3, -0.25) is 4.79 Å². The smallest absolute Gasteiger partial charge is 0.234 e. The second kappa shape index (κ2) is 6.66. The maximum absolute atomic E-state index is 12.8. The topological polar surface area (TPSA) is 41.1 Å². The number of benzene rings is 1. The fourth-order valence-corrected chi connectivity index (χ4v) is 2.49. The highest BCUT2D eigenvalue weighted by Crippen LogP contribution is 2.17. The Hall–Kier alpha value is -1.42. The lowest BCUT2D eigenvalue weighted by Gasteiger charge is -2.16. The number of halogens is 1. The molecule has 2 rings (SSSR count). The Bertz CT molecular complexity index is 413. The lowest BCUT2D eigenvalue weighted by molar-refractivity contribution is -0.121. The van der Waals surface area contributed by atoms with E-state index >= 15 is 0 Å². The van der Waals surface area contributed by atoms with E-state index in [-0.39, 0.29) is 17.8 Å². The van der Waals surface area contributed by atoms with E-state index < -0.39 is 0 Å². The quantitative estimate of drug-likeness (QED) is 0.858. The van der Waals surface area contributed by atoms with Gasteiger partial charge in [0.15, 0.2) is 0 Å². The lowest BCUT2D eigenvalue weighted by atomic mass is 10.1. The van der Waals surface area contributed by atoms with E-state index in [0.717, 1.165) is 5.56 Å². The van der Waals surface area contributed by atoms with Gasteiger partial charge in [-0.25, -0.2) is 4.39 Å². The number of hydrogen-bond donors (Lipinski definition) is 2. The summed E-state index contributed by atoms with van der Waals surface area (Å²) < 4.78 is 12.8. The molecule has 0 unspecified atom stereocenters. The van der Waals surface area contributed by atoms with E-state index in [4.69, 9.17) is 0 Å². The molecule has 1 aromatic rings. The maximum atomic E-state index is 12.8. The van der Waals surface area contributed by atoms with Gasteiger partial charge >= 0.3 is 0 Å². The standard InChI is InChI=1S/C15H21FN2O/c1-11(12-6-8-13(16)9-7-12)18-15(19)10-17-14-4-2-3-5-14/h6-9,11,14,17H,2-5,10H2,1H3,(H,18,19)/t11-/m0/s1. The molecule has 3 nitrogen and oxygen atoms in total. The summed E-state index contributed by atoms with van der Waals surface area (Å²) in [6, 6.07) is 6.61. The van der Waals surface area contributed by atoms with E-state index in [1.807, 2.05) is 6.92 Å². The fraction of sp³-hybridized carbons (Fsp3) is 0.533. The molecule has 1 amide bonds. The molecule has 1 aliphatic carbocycles. The molecule has 104 valence electrons. The summed E-state index contributed by atoms with van der Waals surface area (Å²) >= 11 is 0. The molecule has 0 heterocycles. The molecule has 0 saturated heterocycles. The summed E-state index contributed by atoms with van der Waals surface area (Å²) in [6.07, 6.45) is 4.85. The maximum Gasteiger partial charge on any atom is 0.234 e. The van der Waals surface area contributed by atoms with E-state index in [0.29, 0.717) is 12.6 Å². The highest BCUT2D eigenvalue weighted by atomic mass is 19.1. The first-order valence-electron chi connectivity index (χ1n) is 6.93. The second-order valence-corrected chi connectivity index (χ2v) is 5.20. The zero-order valence-electron chi connectivity index (χ0n) is 11.3. The van der Waals surface area contributed by atoms with Crippen LogP contribution in [-0.2, 0) is 4.79 Å². The van der Waals surface area contributed by atoms with Crippen LogP contribution in [0.3, 0.4) is 0 Å². The van der Waals surface area contributed by atoms with Crippen molar-refractivity contribution in [2.75, 3.05) is 6.54 Å². The van der Waals surface area contributed by atoms with Crippen molar-refractivity contribution in [3.8, 4) is 0 Å². The lowest BCUT2D eigenvalue weighted by Crippen LogP contribution is -2.39. The minimum atomic E-state index is -0.259. The SMILES string of the molecule is C[C@H](NC(=O)CNC1CCCC1)c1ccc(F)cc1. The third-order valence-corrected chi connectivity index (χ3v) is 3.65. The van der Waals surface area contributed by atoms with Gasteiger partial charge in [-0.1, -0.05) is 25.0 Å². The van der Waals surface area contributed by atoms with Crippen LogP contribution in [0.1, 0.15) is 44.2 Å². The van der Waals surface area contributed by atoms with E-state index in [1.165, 1.54) is 37.8 Å². The van der Waals surface area contributed by atoms with Crippen molar-refractivity contribution in [3.63, 3.8) is 0 Å².